The van der Waals surface area contributed by atoms with E-state index in [1.807, 2.05) is 64.4 Å². The standard InChI is InChI=1S/C21H23N7/c1-3-11-27-16(2)19(14-25-27)20-9-10-22-21(26-20)23-12-17-13-24-28(15-17)18-7-5-4-6-8-18/h4-10,13-15H,3,11-12H2,1-2H3,(H,22,23,26). The van der Waals surface area contributed by atoms with E-state index < -0.39 is 0 Å². The molecule has 0 radical (unpaired) electrons. The number of hydrogen-bond acceptors (Lipinski definition) is 5. The summed E-state index contributed by atoms with van der Waals surface area (Å²) in [5.41, 5.74) is 5.13. The molecule has 0 unspecified atom stereocenters. The zero-order valence-corrected chi connectivity index (χ0v) is 16.1. The Morgan fingerprint density at radius 1 is 1.04 bits per heavy atom. The summed E-state index contributed by atoms with van der Waals surface area (Å²) in [6.07, 6.45) is 8.55. The summed E-state index contributed by atoms with van der Waals surface area (Å²) in [4.78, 5) is 9.00. The van der Waals surface area contributed by atoms with Gasteiger partial charge in [0.1, 0.15) is 0 Å². The van der Waals surface area contributed by atoms with Crippen molar-refractivity contribution in [3.8, 4) is 16.9 Å². The molecule has 28 heavy (non-hydrogen) atoms. The highest BCUT2D eigenvalue weighted by Gasteiger charge is 2.10. The van der Waals surface area contributed by atoms with Crippen LogP contribution in [0.25, 0.3) is 16.9 Å². The molecule has 0 fully saturated rings. The molecular formula is C21H23N7. The number of anilines is 1. The molecule has 0 saturated carbocycles. The van der Waals surface area contributed by atoms with Gasteiger partial charge in [0, 0.05) is 42.3 Å². The molecule has 0 amide bonds. The lowest BCUT2D eigenvalue weighted by molar-refractivity contribution is 0.587. The third-order valence-electron chi connectivity index (χ3n) is 4.58. The summed E-state index contributed by atoms with van der Waals surface area (Å²) in [5.74, 6) is 0.590. The number of aryl methyl sites for hydroxylation is 1. The molecule has 1 N–H and O–H groups in total. The fourth-order valence-corrected chi connectivity index (χ4v) is 3.08. The van der Waals surface area contributed by atoms with E-state index in [0.717, 1.165) is 41.2 Å². The van der Waals surface area contributed by atoms with E-state index in [9.17, 15) is 0 Å². The molecule has 0 aliphatic rings. The summed E-state index contributed by atoms with van der Waals surface area (Å²) in [6.45, 7) is 5.73. The van der Waals surface area contributed by atoms with E-state index in [1.54, 1.807) is 6.20 Å². The van der Waals surface area contributed by atoms with Gasteiger partial charge < -0.3 is 5.32 Å². The minimum absolute atomic E-state index is 0.590. The molecular weight excluding hydrogens is 350 g/mol. The first-order valence-corrected chi connectivity index (χ1v) is 9.43. The van der Waals surface area contributed by atoms with Gasteiger partial charge in [-0.1, -0.05) is 25.1 Å². The van der Waals surface area contributed by atoms with Gasteiger partial charge in [0.15, 0.2) is 0 Å². The highest BCUT2D eigenvalue weighted by atomic mass is 15.3. The van der Waals surface area contributed by atoms with Gasteiger partial charge in [-0.15, -0.1) is 0 Å². The quantitative estimate of drug-likeness (QED) is 0.532. The van der Waals surface area contributed by atoms with Crippen molar-refractivity contribution in [2.45, 2.75) is 33.4 Å². The maximum Gasteiger partial charge on any atom is 0.223 e. The van der Waals surface area contributed by atoms with Gasteiger partial charge in [-0.3, -0.25) is 4.68 Å². The van der Waals surface area contributed by atoms with Gasteiger partial charge in [0.05, 0.1) is 23.8 Å². The molecule has 0 aliphatic heterocycles. The average Bonchev–Trinajstić information content (AvgIpc) is 3.35. The maximum atomic E-state index is 4.65. The highest BCUT2D eigenvalue weighted by molar-refractivity contribution is 5.61. The minimum Gasteiger partial charge on any atom is -0.350 e. The Balaban J connectivity index is 1.47. The van der Waals surface area contributed by atoms with Crippen LogP contribution in [0.2, 0.25) is 0 Å². The van der Waals surface area contributed by atoms with Gasteiger partial charge in [-0.25, -0.2) is 14.6 Å². The molecule has 142 valence electrons. The van der Waals surface area contributed by atoms with Crippen LogP contribution in [0.5, 0.6) is 0 Å². The number of benzene rings is 1. The van der Waals surface area contributed by atoms with Crippen molar-refractivity contribution < 1.29 is 0 Å². The normalized spacial score (nSPS) is 10.9. The fraction of sp³-hybridized carbons (Fsp3) is 0.238. The minimum atomic E-state index is 0.590. The van der Waals surface area contributed by atoms with Gasteiger partial charge in [0.2, 0.25) is 5.95 Å². The van der Waals surface area contributed by atoms with Crippen molar-refractivity contribution in [2.75, 3.05) is 5.32 Å². The predicted octanol–water partition coefficient (Wildman–Crippen LogP) is 3.86. The van der Waals surface area contributed by atoms with Crippen molar-refractivity contribution in [3.63, 3.8) is 0 Å². The third kappa shape index (κ3) is 3.78. The van der Waals surface area contributed by atoms with Crippen LogP contribution in [0.1, 0.15) is 24.6 Å². The highest BCUT2D eigenvalue weighted by Crippen LogP contribution is 2.22. The van der Waals surface area contributed by atoms with E-state index >= 15 is 0 Å². The van der Waals surface area contributed by atoms with Gasteiger partial charge in [-0.05, 0) is 31.5 Å². The van der Waals surface area contributed by atoms with Crippen LogP contribution in [0.15, 0.2) is 61.2 Å². The second-order valence-electron chi connectivity index (χ2n) is 6.61. The zero-order valence-electron chi connectivity index (χ0n) is 16.1. The molecule has 3 heterocycles. The molecule has 4 rings (SSSR count). The Kier molecular flexibility index (Phi) is 5.14. The number of rotatable bonds is 7. The molecule has 0 bridgehead atoms. The average molecular weight is 373 g/mol. The summed E-state index contributed by atoms with van der Waals surface area (Å²) in [5, 5.41) is 12.2. The molecule has 0 atom stereocenters. The van der Waals surface area contributed by atoms with Crippen LogP contribution >= 0.6 is 0 Å². The molecule has 0 spiro atoms. The first-order chi connectivity index (χ1) is 13.7. The van der Waals surface area contributed by atoms with Crippen molar-refractivity contribution >= 4 is 5.95 Å². The van der Waals surface area contributed by atoms with Crippen LogP contribution in [0.4, 0.5) is 5.95 Å². The smallest absolute Gasteiger partial charge is 0.223 e. The molecule has 4 aromatic rings. The molecule has 1 aromatic carbocycles. The monoisotopic (exact) mass is 373 g/mol. The van der Waals surface area contributed by atoms with Crippen LogP contribution in [0.3, 0.4) is 0 Å². The second-order valence-corrected chi connectivity index (χ2v) is 6.61. The lowest BCUT2D eigenvalue weighted by atomic mass is 10.2. The maximum absolute atomic E-state index is 4.65. The number of hydrogen-bond donors (Lipinski definition) is 1. The van der Waals surface area contributed by atoms with Crippen LogP contribution < -0.4 is 5.32 Å². The molecule has 7 heteroatoms. The summed E-state index contributed by atoms with van der Waals surface area (Å²) >= 11 is 0. The molecule has 7 nitrogen and oxygen atoms in total. The topological polar surface area (TPSA) is 73.5 Å². The Hall–Kier alpha value is -3.48. The summed E-state index contributed by atoms with van der Waals surface area (Å²) in [6, 6.07) is 12.0. The molecule has 3 aromatic heterocycles. The molecule has 0 aliphatic carbocycles. The summed E-state index contributed by atoms with van der Waals surface area (Å²) in [7, 11) is 0. The SMILES string of the molecule is CCCn1ncc(-c2ccnc(NCc3cnn(-c4ccccc4)c3)n2)c1C. The van der Waals surface area contributed by atoms with Crippen molar-refractivity contribution in [1.82, 2.24) is 29.5 Å². The first-order valence-electron chi connectivity index (χ1n) is 9.43. The number of para-hydroxylation sites is 1. The zero-order chi connectivity index (χ0) is 19.3. The van der Waals surface area contributed by atoms with Gasteiger partial charge in [-0.2, -0.15) is 10.2 Å². The second kappa shape index (κ2) is 8.04. The van der Waals surface area contributed by atoms with Crippen LogP contribution in [0, 0.1) is 6.92 Å². The Labute approximate surface area is 164 Å². The lowest BCUT2D eigenvalue weighted by Gasteiger charge is -2.06. The number of aromatic nitrogens is 6. The van der Waals surface area contributed by atoms with E-state index in [-0.39, 0.29) is 0 Å². The van der Waals surface area contributed by atoms with E-state index in [4.69, 9.17) is 0 Å². The van der Waals surface area contributed by atoms with E-state index in [0.29, 0.717) is 12.5 Å². The predicted molar refractivity (Wildman–Crippen MR) is 109 cm³/mol. The summed E-state index contributed by atoms with van der Waals surface area (Å²) < 4.78 is 3.88. The lowest BCUT2D eigenvalue weighted by Crippen LogP contribution is -2.04. The first kappa shape index (κ1) is 17.9. The van der Waals surface area contributed by atoms with Crippen molar-refractivity contribution in [2.24, 2.45) is 0 Å². The van der Waals surface area contributed by atoms with E-state index in [2.05, 4.69) is 39.3 Å². The largest absolute Gasteiger partial charge is 0.350 e. The Morgan fingerprint density at radius 3 is 2.71 bits per heavy atom. The van der Waals surface area contributed by atoms with Crippen molar-refractivity contribution in [3.05, 3.63) is 72.4 Å². The number of nitrogens with one attached hydrogen (secondary N) is 1. The third-order valence-corrected chi connectivity index (χ3v) is 4.58. The Morgan fingerprint density at radius 2 is 1.89 bits per heavy atom. The van der Waals surface area contributed by atoms with E-state index in [1.165, 1.54) is 0 Å². The fourth-order valence-electron chi connectivity index (χ4n) is 3.08. The number of nitrogens with zero attached hydrogens (tertiary/aromatic N) is 6. The van der Waals surface area contributed by atoms with Gasteiger partial charge >= 0.3 is 0 Å². The van der Waals surface area contributed by atoms with Crippen LogP contribution in [-0.4, -0.2) is 29.5 Å². The van der Waals surface area contributed by atoms with Crippen LogP contribution in [-0.2, 0) is 13.1 Å². The molecule has 0 saturated heterocycles. The Bertz CT molecular complexity index is 1050. The van der Waals surface area contributed by atoms with Crippen molar-refractivity contribution in [1.29, 1.82) is 0 Å². The van der Waals surface area contributed by atoms with Gasteiger partial charge in [0.25, 0.3) is 0 Å².